The summed E-state index contributed by atoms with van der Waals surface area (Å²) in [6, 6.07) is 0. The maximum atomic E-state index is 4.21. The molecule has 0 saturated carbocycles. The van der Waals surface area contributed by atoms with Crippen LogP contribution < -0.4 is 5.32 Å². The summed E-state index contributed by atoms with van der Waals surface area (Å²) < 4.78 is 0. The van der Waals surface area contributed by atoms with E-state index in [4.69, 9.17) is 0 Å². The van der Waals surface area contributed by atoms with E-state index >= 15 is 0 Å². The fourth-order valence-electron chi connectivity index (χ4n) is 2.86. The molecule has 1 atom stereocenters. The van der Waals surface area contributed by atoms with E-state index < -0.39 is 0 Å². The van der Waals surface area contributed by atoms with E-state index in [0.29, 0.717) is 11.5 Å². The van der Waals surface area contributed by atoms with Gasteiger partial charge in [-0.25, -0.2) is 0 Å². The van der Waals surface area contributed by atoms with Gasteiger partial charge in [0, 0.05) is 24.3 Å². The van der Waals surface area contributed by atoms with Crippen molar-refractivity contribution in [2.24, 2.45) is 5.92 Å². The van der Waals surface area contributed by atoms with Gasteiger partial charge in [-0.15, -0.1) is 0 Å². The minimum absolute atomic E-state index is 0.427. The molecule has 86 valence electrons. The van der Waals surface area contributed by atoms with Gasteiger partial charge in [-0.3, -0.25) is 0 Å². The SMILES string of the molecule is C=C(C(C)C)N1CCC2(CCCCN2)C1. The Hall–Kier alpha value is -0.500. The summed E-state index contributed by atoms with van der Waals surface area (Å²) in [5.41, 5.74) is 1.75. The highest BCUT2D eigenvalue weighted by Gasteiger charge is 2.39. The van der Waals surface area contributed by atoms with Crippen LogP contribution in [0.25, 0.3) is 0 Å². The Morgan fingerprint density at radius 2 is 2.13 bits per heavy atom. The standard InChI is InChI=1S/C13H24N2/c1-11(2)12(3)15-9-7-13(10-15)6-4-5-8-14-13/h11,14H,3-10H2,1-2H3. The van der Waals surface area contributed by atoms with Gasteiger partial charge in [-0.05, 0) is 31.7 Å². The first kappa shape index (κ1) is 11.0. The molecular weight excluding hydrogens is 184 g/mol. The van der Waals surface area contributed by atoms with E-state index in [1.807, 2.05) is 0 Å². The van der Waals surface area contributed by atoms with Gasteiger partial charge in [0.1, 0.15) is 0 Å². The van der Waals surface area contributed by atoms with Gasteiger partial charge in [0.15, 0.2) is 0 Å². The van der Waals surface area contributed by atoms with Crippen molar-refractivity contribution in [1.29, 1.82) is 0 Å². The lowest BCUT2D eigenvalue weighted by molar-refractivity contribution is 0.250. The minimum atomic E-state index is 0.427. The van der Waals surface area contributed by atoms with E-state index in [9.17, 15) is 0 Å². The molecule has 2 nitrogen and oxygen atoms in total. The molecule has 1 N–H and O–H groups in total. The van der Waals surface area contributed by atoms with Gasteiger partial charge in [0.05, 0.1) is 0 Å². The molecular formula is C13H24N2. The van der Waals surface area contributed by atoms with Gasteiger partial charge in [-0.1, -0.05) is 26.8 Å². The molecule has 1 spiro atoms. The molecule has 0 aromatic rings. The van der Waals surface area contributed by atoms with E-state index in [1.165, 1.54) is 51.0 Å². The third-order valence-corrected chi connectivity index (χ3v) is 4.01. The monoisotopic (exact) mass is 208 g/mol. The topological polar surface area (TPSA) is 15.3 Å². The second-order valence-corrected chi connectivity index (χ2v) is 5.48. The first-order chi connectivity index (χ1) is 7.13. The van der Waals surface area contributed by atoms with Crippen molar-refractivity contribution in [3.63, 3.8) is 0 Å². The number of hydrogen-bond donors (Lipinski definition) is 1. The second kappa shape index (κ2) is 4.17. The summed E-state index contributed by atoms with van der Waals surface area (Å²) in [6.07, 6.45) is 5.41. The lowest BCUT2D eigenvalue weighted by Gasteiger charge is -2.35. The smallest absolute Gasteiger partial charge is 0.0374 e. The number of nitrogens with one attached hydrogen (secondary N) is 1. The molecule has 2 aliphatic rings. The minimum Gasteiger partial charge on any atom is -0.373 e. The molecule has 1 unspecified atom stereocenters. The van der Waals surface area contributed by atoms with Gasteiger partial charge in [-0.2, -0.15) is 0 Å². The predicted octanol–water partition coefficient (Wildman–Crippen LogP) is 2.37. The molecule has 0 aliphatic carbocycles. The van der Waals surface area contributed by atoms with Crippen molar-refractivity contribution >= 4 is 0 Å². The molecule has 2 fully saturated rings. The lowest BCUT2D eigenvalue weighted by atomic mass is 9.88. The highest BCUT2D eigenvalue weighted by atomic mass is 15.2. The van der Waals surface area contributed by atoms with Crippen LogP contribution in [-0.2, 0) is 0 Å². The zero-order chi connectivity index (χ0) is 10.9. The van der Waals surface area contributed by atoms with E-state index in [1.54, 1.807) is 0 Å². The van der Waals surface area contributed by atoms with Crippen molar-refractivity contribution < 1.29 is 0 Å². The van der Waals surface area contributed by atoms with Crippen LogP contribution in [0.15, 0.2) is 12.3 Å². The quantitative estimate of drug-likeness (QED) is 0.749. The number of allylic oxidation sites excluding steroid dienone is 1. The zero-order valence-electron chi connectivity index (χ0n) is 10.2. The molecule has 15 heavy (non-hydrogen) atoms. The van der Waals surface area contributed by atoms with Crippen LogP contribution in [0.2, 0.25) is 0 Å². The summed E-state index contributed by atoms with van der Waals surface area (Å²) in [5, 5.41) is 3.74. The van der Waals surface area contributed by atoms with Crippen LogP contribution in [0.5, 0.6) is 0 Å². The highest BCUT2D eigenvalue weighted by molar-refractivity contribution is 5.07. The maximum Gasteiger partial charge on any atom is 0.0374 e. The number of nitrogens with zero attached hydrogens (tertiary/aromatic N) is 1. The summed E-state index contributed by atoms with van der Waals surface area (Å²) in [5.74, 6) is 0.587. The largest absolute Gasteiger partial charge is 0.373 e. The fraction of sp³-hybridized carbons (Fsp3) is 0.846. The summed E-state index contributed by atoms with van der Waals surface area (Å²) >= 11 is 0. The number of rotatable bonds is 2. The van der Waals surface area contributed by atoms with E-state index in [2.05, 4.69) is 30.6 Å². The summed E-state index contributed by atoms with van der Waals surface area (Å²) in [6.45, 7) is 12.3. The van der Waals surface area contributed by atoms with Gasteiger partial charge in [0.25, 0.3) is 0 Å². The van der Waals surface area contributed by atoms with Crippen molar-refractivity contribution in [3.8, 4) is 0 Å². The Kier molecular flexibility index (Phi) is 3.06. The Labute approximate surface area is 93.7 Å². The summed E-state index contributed by atoms with van der Waals surface area (Å²) in [7, 11) is 0. The molecule has 0 radical (unpaired) electrons. The number of hydrogen-bond acceptors (Lipinski definition) is 2. The van der Waals surface area contributed by atoms with E-state index in [0.717, 1.165) is 0 Å². The molecule has 0 bridgehead atoms. The Bertz CT molecular complexity index is 239. The van der Waals surface area contributed by atoms with E-state index in [-0.39, 0.29) is 0 Å². The Balaban J connectivity index is 1.96. The molecule has 2 aliphatic heterocycles. The third kappa shape index (κ3) is 2.20. The molecule has 2 rings (SSSR count). The van der Waals surface area contributed by atoms with Gasteiger partial charge >= 0.3 is 0 Å². The first-order valence-electron chi connectivity index (χ1n) is 6.32. The molecule has 2 heterocycles. The zero-order valence-corrected chi connectivity index (χ0v) is 10.2. The molecule has 2 heteroatoms. The second-order valence-electron chi connectivity index (χ2n) is 5.48. The normalized spacial score (nSPS) is 31.5. The van der Waals surface area contributed by atoms with Crippen LogP contribution >= 0.6 is 0 Å². The van der Waals surface area contributed by atoms with Gasteiger partial charge < -0.3 is 10.2 Å². The van der Waals surface area contributed by atoms with Crippen LogP contribution in [-0.4, -0.2) is 30.1 Å². The third-order valence-electron chi connectivity index (χ3n) is 4.01. The number of likely N-dealkylation sites (tertiary alicyclic amines) is 1. The summed E-state index contributed by atoms with van der Waals surface area (Å²) in [4.78, 5) is 2.49. The molecule has 0 aromatic carbocycles. The lowest BCUT2D eigenvalue weighted by Crippen LogP contribution is -2.50. The van der Waals surface area contributed by atoms with Crippen LogP contribution in [0.1, 0.15) is 39.5 Å². The number of piperidine rings is 1. The van der Waals surface area contributed by atoms with Crippen LogP contribution in [0.3, 0.4) is 0 Å². The molecule has 0 amide bonds. The van der Waals surface area contributed by atoms with Crippen molar-refractivity contribution in [1.82, 2.24) is 10.2 Å². The van der Waals surface area contributed by atoms with Gasteiger partial charge in [0.2, 0.25) is 0 Å². The van der Waals surface area contributed by atoms with Crippen molar-refractivity contribution in [2.45, 2.75) is 45.1 Å². The van der Waals surface area contributed by atoms with Crippen LogP contribution in [0.4, 0.5) is 0 Å². The van der Waals surface area contributed by atoms with Crippen molar-refractivity contribution in [3.05, 3.63) is 12.3 Å². The fourth-order valence-corrected chi connectivity index (χ4v) is 2.86. The Morgan fingerprint density at radius 1 is 1.33 bits per heavy atom. The molecule has 0 aromatic heterocycles. The average Bonchev–Trinajstić information content (AvgIpc) is 2.62. The average molecular weight is 208 g/mol. The first-order valence-corrected chi connectivity index (χ1v) is 6.32. The molecule has 2 saturated heterocycles. The van der Waals surface area contributed by atoms with Crippen LogP contribution in [0, 0.1) is 5.92 Å². The Morgan fingerprint density at radius 3 is 2.73 bits per heavy atom. The van der Waals surface area contributed by atoms with Crippen molar-refractivity contribution in [2.75, 3.05) is 19.6 Å². The highest BCUT2D eigenvalue weighted by Crippen LogP contribution is 2.32. The maximum absolute atomic E-state index is 4.21. The predicted molar refractivity (Wildman–Crippen MR) is 64.8 cm³/mol.